The first-order valence-corrected chi connectivity index (χ1v) is 22.3. The van der Waals surface area contributed by atoms with Gasteiger partial charge in [0.25, 0.3) is 5.91 Å². The molecule has 0 radical (unpaired) electrons. The van der Waals surface area contributed by atoms with Gasteiger partial charge in [-0.1, -0.05) is 73.5 Å². The molecule has 66 heavy (non-hydrogen) atoms. The molecule has 352 valence electrons. The van der Waals surface area contributed by atoms with Crippen molar-refractivity contribution in [3.8, 4) is 33.8 Å². The van der Waals surface area contributed by atoms with Crippen molar-refractivity contribution in [1.82, 2.24) is 20.6 Å². The Labute approximate surface area is 392 Å². The average Bonchev–Trinajstić information content (AvgIpc) is 3.29. The van der Waals surface area contributed by atoms with Gasteiger partial charge in [0.1, 0.15) is 29.2 Å². The van der Waals surface area contributed by atoms with E-state index in [-0.39, 0.29) is 38.0 Å². The number of methoxy groups -OCH3 is 2. The second-order valence-corrected chi connectivity index (χ2v) is 18.0. The van der Waals surface area contributed by atoms with Crippen molar-refractivity contribution in [2.75, 3.05) is 42.0 Å². The summed E-state index contributed by atoms with van der Waals surface area (Å²) in [6, 6.07) is 22.8. The normalized spacial score (nSPS) is 16.8. The largest absolute Gasteiger partial charge is 0.496 e. The molecule has 0 saturated heterocycles. The molecule has 0 spiro atoms. The summed E-state index contributed by atoms with van der Waals surface area (Å²) in [5.74, 6) is -3.05. The van der Waals surface area contributed by atoms with Gasteiger partial charge in [-0.2, -0.15) is 0 Å². The molecule has 4 bridgehead atoms. The standard InChI is InChI=1S/C51H61ClN4O10/c1-31-26-43(58)46(36-20-24-45(64-8)40(29-36)39-27-32(13-23-44(39)63-7)28-41(54-47(31)59)49(61)56(6)65-9)55(5)48(60)37(12-10-11-25-53-50(62)66-51(2,3)4)30-42(57)35-16-14-33(15-17-35)34-18-21-38(52)22-19-34/h13-24,27,29,31,37,41,46H,10-12,25-26,28,30H2,1-9H3,(H,53,62)(H,54,59)/t31-,37-,41+,46+/m1/s1. The van der Waals surface area contributed by atoms with Crippen LogP contribution in [0.3, 0.4) is 0 Å². The molecule has 4 aromatic rings. The summed E-state index contributed by atoms with van der Waals surface area (Å²) in [6.45, 7) is 7.19. The lowest BCUT2D eigenvalue weighted by Crippen LogP contribution is -2.50. The molecule has 4 amide bonds. The Kier molecular flexibility index (Phi) is 17.5. The van der Waals surface area contributed by atoms with Crippen molar-refractivity contribution in [2.24, 2.45) is 11.8 Å². The number of nitrogens with zero attached hydrogens (tertiary/aromatic N) is 2. The van der Waals surface area contributed by atoms with E-state index in [1.165, 1.54) is 40.3 Å². The van der Waals surface area contributed by atoms with Gasteiger partial charge in [0.15, 0.2) is 11.6 Å². The summed E-state index contributed by atoms with van der Waals surface area (Å²) in [5, 5.41) is 7.22. The molecule has 1 heterocycles. The van der Waals surface area contributed by atoms with Crippen LogP contribution in [0.4, 0.5) is 4.79 Å². The number of fused-ring (bicyclic) bond motifs is 5. The fourth-order valence-corrected chi connectivity index (χ4v) is 8.10. The third kappa shape index (κ3) is 13.2. The Morgan fingerprint density at radius 2 is 1.42 bits per heavy atom. The Morgan fingerprint density at radius 3 is 2.03 bits per heavy atom. The molecular formula is C51H61ClN4O10. The summed E-state index contributed by atoms with van der Waals surface area (Å²) in [4.78, 5) is 90.1. The number of rotatable bonds is 15. The number of Topliss-reactive ketones (excluding diaryl/α,β-unsaturated/α-hetero) is 2. The maximum atomic E-state index is 15.0. The van der Waals surface area contributed by atoms with Gasteiger partial charge >= 0.3 is 6.09 Å². The summed E-state index contributed by atoms with van der Waals surface area (Å²) >= 11 is 6.10. The molecule has 1 aliphatic heterocycles. The number of benzene rings is 4. The average molecular weight is 926 g/mol. The number of likely N-dealkylation sites (N-methyl/N-ethyl adjacent to an activating group) is 2. The molecule has 4 aromatic carbocycles. The number of hydrogen-bond donors (Lipinski definition) is 2. The predicted octanol–water partition coefficient (Wildman–Crippen LogP) is 8.43. The third-order valence-corrected chi connectivity index (χ3v) is 11.8. The SMILES string of the molecule is COc1ccc2cc1-c1cc(ccc1OC)[C@H](N(C)C(=O)[C@H](CCCCNC(=O)OC(C)(C)C)CC(=O)c1ccc(-c3ccc(Cl)cc3)cc1)C(=O)C[C@@H](C)C(=O)N[C@H](C(=O)N(C)OC)C2. The van der Waals surface area contributed by atoms with Crippen LogP contribution in [-0.2, 0) is 35.2 Å². The zero-order valence-corrected chi connectivity index (χ0v) is 40.0. The molecule has 0 saturated carbocycles. The highest BCUT2D eigenvalue weighted by Gasteiger charge is 2.36. The predicted molar refractivity (Wildman–Crippen MR) is 252 cm³/mol. The van der Waals surface area contributed by atoms with Crippen molar-refractivity contribution in [3.63, 3.8) is 0 Å². The number of nitrogens with one attached hydrogen (secondary N) is 2. The minimum Gasteiger partial charge on any atom is -0.496 e. The van der Waals surface area contributed by atoms with E-state index in [9.17, 15) is 28.8 Å². The van der Waals surface area contributed by atoms with Crippen LogP contribution in [0.2, 0.25) is 5.02 Å². The maximum absolute atomic E-state index is 15.0. The second kappa shape index (κ2) is 22.8. The van der Waals surface area contributed by atoms with Crippen LogP contribution in [0.25, 0.3) is 22.3 Å². The van der Waals surface area contributed by atoms with Crippen molar-refractivity contribution >= 4 is 47.0 Å². The first-order chi connectivity index (χ1) is 31.3. The Balaban J connectivity index is 1.52. The molecule has 14 nitrogen and oxygen atoms in total. The van der Waals surface area contributed by atoms with Gasteiger partial charge in [-0.15, -0.1) is 0 Å². The van der Waals surface area contributed by atoms with E-state index in [0.717, 1.165) is 16.2 Å². The van der Waals surface area contributed by atoms with Gasteiger partial charge in [-0.3, -0.25) is 28.8 Å². The van der Waals surface area contributed by atoms with Crippen LogP contribution in [0.15, 0.2) is 84.9 Å². The summed E-state index contributed by atoms with van der Waals surface area (Å²) in [5.41, 5.74) is 3.84. The van der Waals surface area contributed by atoms with E-state index in [4.69, 9.17) is 30.6 Å². The fourth-order valence-electron chi connectivity index (χ4n) is 7.97. The molecule has 0 unspecified atom stereocenters. The number of halogens is 1. The first kappa shape index (κ1) is 50.7. The number of ketones is 2. The lowest BCUT2D eigenvalue weighted by molar-refractivity contribution is -0.171. The first-order valence-electron chi connectivity index (χ1n) is 22.0. The quantitative estimate of drug-likeness (QED) is 0.0671. The van der Waals surface area contributed by atoms with Crippen LogP contribution in [0.5, 0.6) is 11.5 Å². The molecule has 15 heteroatoms. The van der Waals surface area contributed by atoms with Gasteiger partial charge in [-0.25, -0.2) is 9.86 Å². The number of hydroxylamine groups is 2. The molecule has 2 N–H and O–H groups in total. The highest BCUT2D eigenvalue weighted by atomic mass is 35.5. The molecule has 5 rings (SSSR count). The number of carbonyl (C=O) groups is 6. The molecule has 0 aliphatic carbocycles. The molecule has 1 aliphatic rings. The Morgan fingerprint density at radius 1 is 0.818 bits per heavy atom. The smallest absolute Gasteiger partial charge is 0.407 e. The van der Waals surface area contributed by atoms with Crippen molar-refractivity contribution in [2.45, 2.75) is 83.9 Å². The summed E-state index contributed by atoms with van der Waals surface area (Å²) in [7, 11) is 7.36. The van der Waals surface area contributed by atoms with E-state index < -0.39 is 59.1 Å². The fraction of sp³-hybridized carbons (Fsp3) is 0.412. The Bertz CT molecular complexity index is 2380. The van der Waals surface area contributed by atoms with E-state index >= 15 is 0 Å². The van der Waals surface area contributed by atoms with Crippen molar-refractivity contribution in [3.05, 3.63) is 107 Å². The molecule has 0 fully saturated rings. The Hall–Kier alpha value is -6.25. The number of ether oxygens (including phenoxy) is 3. The van der Waals surface area contributed by atoms with E-state index in [0.29, 0.717) is 57.2 Å². The monoisotopic (exact) mass is 924 g/mol. The minimum atomic E-state index is -1.21. The lowest BCUT2D eigenvalue weighted by atomic mass is 9.88. The lowest BCUT2D eigenvalue weighted by Gasteiger charge is -2.32. The second-order valence-electron chi connectivity index (χ2n) is 17.5. The van der Waals surface area contributed by atoms with Crippen LogP contribution in [0, 0.1) is 11.8 Å². The van der Waals surface area contributed by atoms with E-state index in [1.807, 2.05) is 30.3 Å². The number of amides is 4. The highest BCUT2D eigenvalue weighted by molar-refractivity contribution is 6.30. The number of unbranched alkanes of at least 4 members (excludes halogenated alkanes) is 1. The van der Waals surface area contributed by atoms with Gasteiger partial charge in [0.05, 0.1) is 21.3 Å². The maximum Gasteiger partial charge on any atom is 0.407 e. The molecular weight excluding hydrogens is 864 g/mol. The van der Waals surface area contributed by atoms with Crippen LogP contribution in [-0.4, -0.2) is 99.0 Å². The van der Waals surface area contributed by atoms with Gasteiger partial charge < -0.3 is 29.7 Å². The zero-order valence-electron chi connectivity index (χ0n) is 39.2. The molecule has 4 atom stereocenters. The number of hydrogen-bond acceptors (Lipinski definition) is 10. The van der Waals surface area contributed by atoms with Crippen molar-refractivity contribution in [1.29, 1.82) is 0 Å². The van der Waals surface area contributed by atoms with Crippen LogP contribution in [0.1, 0.15) is 87.3 Å². The van der Waals surface area contributed by atoms with Crippen LogP contribution >= 0.6 is 11.6 Å². The van der Waals surface area contributed by atoms with Gasteiger partial charge in [0, 0.05) is 73.5 Å². The number of alkyl carbamates (subject to hydrolysis) is 1. The summed E-state index contributed by atoms with van der Waals surface area (Å²) < 4.78 is 17.0. The van der Waals surface area contributed by atoms with Gasteiger partial charge in [-0.05, 0) is 92.3 Å². The van der Waals surface area contributed by atoms with E-state index in [2.05, 4.69) is 10.6 Å². The number of carbonyl (C=O) groups excluding carboxylic acids is 6. The van der Waals surface area contributed by atoms with Gasteiger partial charge in [0.2, 0.25) is 11.8 Å². The molecule has 0 aromatic heterocycles. The van der Waals surface area contributed by atoms with Crippen molar-refractivity contribution < 1.29 is 47.8 Å². The topological polar surface area (TPSA) is 170 Å². The minimum absolute atomic E-state index is 0.0987. The highest BCUT2D eigenvalue weighted by Crippen LogP contribution is 2.40. The third-order valence-electron chi connectivity index (χ3n) is 11.5. The van der Waals surface area contributed by atoms with Crippen LogP contribution < -0.4 is 20.1 Å². The zero-order chi connectivity index (χ0) is 48.3. The summed E-state index contributed by atoms with van der Waals surface area (Å²) in [6.07, 6.45) is 0.294. The van der Waals surface area contributed by atoms with E-state index in [1.54, 1.807) is 82.3 Å².